The summed E-state index contributed by atoms with van der Waals surface area (Å²) in [5.41, 5.74) is 4.96. The predicted octanol–water partition coefficient (Wildman–Crippen LogP) is 1.78. The fraction of sp³-hybridized carbons (Fsp3) is 0.300. The maximum Gasteiger partial charge on any atom is 0.241 e. The fourth-order valence-electron chi connectivity index (χ4n) is 1.03. The van der Waals surface area contributed by atoms with E-state index in [1.54, 1.807) is 6.92 Å². The first-order valence-electron chi connectivity index (χ1n) is 4.66. The van der Waals surface area contributed by atoms with E-state index in [0.29, 0.717) is 18.6 Å². The molecule has 0 heterocycles. The minimum absolute atomic E-state index is 0.358. The average Bonchev–Trinajstić information content (AvgIpc) is 2.24. The molecule has 0 bridgehead atoms. The predicted molar refractivity (Wildman–Crippen MR) is 53.2 cm³/mol. The van der Waals surface area contributed by atoms with Gasteiger partial charge in [-0.25, -0.2) is 13.2 Å². The number of benzene rings is 1. The van der Waals surface area contributed by atoms with Crippen molar-refractivity contribution in [1.82, 2.24) is 0 Å². The zero-order valence-electron chi connectivity index (χ0n) is 8.56. The highest BCUT2D eigenvalue weighted by atomic mass is 19.2. The zero-order chi connectivity index (χ0) is 12.3. The summed E-state index contributed by atoms with van der Waals surface area (Å²) < 4.78 is 38.4. The summed E-state index contributed by atoms with van der Waals surface area (Å²) in [6, 6.07) is 0.125. The molecule has 0 saturated carbocycles. The van der Waals surface area contributed by atoms with Gasteiger partial charge >= 0.3 is 0 Å². The smallest absolute Gasteiger partial charge is 0.241 e. The van der Waals surface area contributed by atoms with Crippen LogP contribution in [0.1, 0.15) is 13.3 Å². The van der Waals surface area contributed by atoms with Crippen LogP contribution in [-0.2, 0) is 4.79 Å². The van der Waals surface area contributed by atoms with Crippen molar-refractivity contribution in [2.45, 2.75) is 19.4 Å². The number of anilines is 1. The van der Waals surface area contributed by atoms with Crippen LogP contribution in [-0.4, -0.2) is 11.9 Å². The van der Waals surface area contributed by atoms with Crippen molar-refractivity contribution in [3.8, 4) is 0 Å². The minimum atomic E-state index is -1.31. The first-order valence-corrected chi connectivity index (χ1v) is 4.66. The summed E-state index contributed by atoms with van der Waals surface area (Å²) in [6.07, 6.45) is 0.358. The van der Waals surface area contributed by atoms with Crippen LogP contribution in [0.25, 0.3) is 0 Å². The van der Waals surface area contributed by atoms with Gasteiger partial charge in [-0.1, -0.05) is 6.92 Å². The second-order valence-electron chi connectivity index (χ2n) is 3.25. The third kappa shape index (κ3) is 2.73. The summed E-state index contributed by atoms with van der Waals surface area (Å²) in [7, 11) is 0. The van der Waals surface area contributed by atoms with Crippen LogP contribution in [0.2, 0.25) is 0 Å². The SMILES string of the molecule is CC[C@H](N)C(=O)Nc1cc(F)c(F)cc1F. The molecule has 88 valence electrons. The van der Waals surface area contributed by atoms with Crippen LogP contribution in [0.15, 0.2) is 12.1 Å². The standard InChI is InChI=1S/C10H11F3N2O/c1-2-8(14)10(16)15-9-4-6(12)5(11)3-7(9)13/h3-4,8H,2,14H2,1H3,(H,15,16)/t8-/m0/s1. The molecule has 0 aliphatic rings. The number of halogens is 3. The van der Waals surface area contributed by atoms with E-state index in [9.17, 15) is 18.0 Å². The molecule has 3 nitrogen and oxygen atoms in total. The number of hydrogen-bond acceptors (Lipinski definition) is 2. The Labute approximate surface area is 90.4 Å². The van der Waals surface area contributed by atoms with Crippen LogP contribution < -0.4 is 11.1 Å². The van der Waals surface area contributed by atoms with E-state index < -0.39 is 35.1 Å². The largest absolute Gasteiger partial charge is 0.322 e. The number of carbonyl (C=O) groups is 1. The van der Waals surface area contributed by atoms with Crippen LogP contribution >= 0.6 is 0 Å². The number of nitrogens with one attached hydrogen (secondary N) is 1. The molecule has 3 N–H and O–H groups in total. The zero-order valence-corrected chi connectivity index (χ0v) is 8.56. The van der Waals surface area contributed by atoms with Crippen molar-refractivity contribution in [1.29, 1.82) is 0 Å². The van der Waals surface area contributed by atoms with Crippen molar-refractivity contribution in [2.75, 3.05) is 5.32 Å². The molecule has 0 saturated heterocycles. The first kappa shape index (κ1) is 12.5. The Balaban J connectivity index is 2.90. The summed E-state index contributed by atoms with van der Waals surface area (Å²) in [5.74, 6) is -4.24. The average molecular weight is 232 g/mol. The van der Waals surface area contributed by atoms with Gasteiger partial charge in [-0.15, -0.1) is 0 Å². The molecule has 0 aliphatic heterocycles. The number of nitrogens with two attached hydrogens (primary N) is 1. The lowest BCUT2D eigenvalue weighted by Crippen LogP contribution is -2.35. The van der Waals surface area contributed by atoms with E-state index in [0.717, 1.165) is 0 Å². The van der Waals surface area contributed by atoms with Crippen LogP contribution in [0.3, 0.4) is 0 Å². The number of carbonyl (C=O) groups excluding carboxylic acids is 1. The normalized spacial score (nSPS) is 12.3. The van der Waals surface area contributed by atoms with Crippen molar-refractivity contribution in [2.24, 2.45) is 5.73 Å². The van der Waals surface area contributed by atoms with Crippen LogP contribution in [0, 0.1) is 17.5 Å². The fourth-order valence-corrected chi connectivity index (χ4v) is 1.03. The molecule has 0 aliphatic carbocycles. The summed E-state index contributed by atoms with van der Waals surface area (Å²) in [6.45, 7) is 1.67. The second-order valence-corrected chi connectivity index (χ2v) is 3.25. The van der Waals surface area contributed by atoms with E-state index in [1.165, 1.54) is 0 Å². The van der Waals surface area contributed by atoms with Crippen molar-refractivity contribution in [3.05, 3.63) is 29.6 Å². The molecule has 0 unspecified atom stereocenters. The van der Waals surface area contributed by atoms with E-state index in [4.69, 9.17) is 5.73 Å². The highest BCUT2D eigenvalue weighted by Gasteiger charge is 2.15. The topological polar surface area (TPSA) is 55.1 Å². The van der Waals surface area contributed by atoms with Gasteiger partial charge in [-0.3, -0.25) is 4.79 Å². The molecule has 0 aromatic heterocycles. The third-order valence-corrected chi connectivity index (χ3v) is 2.04. The van der Waals surface area contributed by atoms with E-state index in [1.807, 2.05) is 0 Å². The summed E-state index contributed by atoms with van der Waals surface area (Å²) >= 11 is 0. The van der Waals surface area contributed by atoms with Gasteiger partial charge in [-0.2, -0.15) is 0 Å². The monoisotopic (exact) mass is 232 g/mol. The Bertz CT molecular complexity index is 409. The van der Waals surface area contributed by atoms with Gasteiger partial charge < -0.3 is 11.1 Å². The Morgan fingerprint density at radius 3 is 2.44 bits per heavy atom. The van der Waals surface area contributed by atoms with Gasteiger partial charge in [0.05, 0.1) is 11.7 Å². The molecule has 1 aromatic carbocycles. The molecule has 1 aromatic rings. The van der Waals surface area contributed by atoms with Crippen molar-refractivity contribution < 1.29 is 18.0 Å². The highest BCUT2D eigenvalue weighted by Crippen LogP contribution is 2.18. The van der Waals surface area contributed by atoms with Gasteiger partial charge in [0, 0.05) is 12.1 Å². The lowest BCUT2D eigenvalue weighted by molar-refractivity contribution is -0.117. The Kier molecular flexibility index (Phi) is 3.89. The molecule has 1 amide bonds. The maximum atomic E-state index is 13.1. The lowest BCUT2D eigenvalue weighted by Gasteiger charge is -2.10. The molecule has 0 fully saturated rings. The molecule has 16 heavy (non-hydrogen) atoms. The second kappa shape index (κ2) is 4.98. The van der Waals surface area contributed by atoms with Gasteiger partial charge in [0.25, 0.3) is 0 Å². The number of amides is 1. The van der Waals surface area contributed by atoms with Crippen LogP contribution in [0.5, 0.6) is 0 Å². The molecule has 6 heteroatoms. The quantitative estimate of drug-likeness (QED) is 0.780. The third-order valence-electron chi connectivity index (χ3n) is 2.04. The minimum Gasteiger partial charge on any atom is -0.322 e. The molecule has 0 radical (unpaired) electrons. The van der Waals surface area contributed by atoms with Gasteiger partial charge in [0.2, 0.25) is 5.91 Å². The van der Waals surface area contributed by atoms with Crippen LogP contribution in [0.4, 0.5) is 18.9 Å². The summed E-state index contributed by atoms with van der Waals surface area (Å²) in [5, 5.41) is 2.08. The summed E-state index contributed by atoms with van der Waals surface area (Å²) in [4.78, 5) is 11.3. The Morgan fingerprint density at radius 2 is 1.88 bits per heavy atom. The van der Waals surface area contributed by atoms with Crippen molar-refractivity contribution in [3.63, 3.8) is 0 Å². The highest BCUT2D eigenvalue weighted by molar-refractivity contribution is 5.94. The molecule has 1 atom stereocenters. The Hall–Kier alpha value is -1.56. The van der Waals surface area contributed by atoms with Gasteiger partial charge in [0.1, 0.15) is 5.82 Å². The maximum absolute atomic E-state index is 13.1. The molecule has 0 spiro atoms. The molecule has 1 rings (SSSR count). The lowest BCUT2D eigenvalue weighted by atomic mass is 10.2. The van der Waals surface area contributed by atoms with E-state index in [2.05, 4.69) is 5.32 Å². The van der Waals surface area contributed by atoms with E-state index in [-0.39, 0.29) is 0 Å². The van der Waals surface area contributed by atoms with Gasteiger partial charge in [-0.05, 0) is 6.42 Å². The molecular formula is C10H11F3N2O. The first-order chi connectivity index (χ1) is 7.45. The molecular weight excluding hydrogens is 221 g/mol. The van der Waals surface area contributed by atoms with Crippen molar-refractivity contribution >= 4 is 11.6 Å². The van der Waals surface area contributed by atoms with Gasteiger partial charge in [0.15, 0.2) is 11.6 Å². The van der Waals surface area contributed by atoms with E-state index >= 15 is 0 Å². The number of rotatable bonds is 3. The Morgan fingerprint density at radius 1 is 1.31 bits per heavy atom. The number of hydrogen-bond donors (Lipinski definition) is 2.